The number of benzene rings is 1. The van der Waals surface area contributed by atoms with Crippen LogP contribution in [0.25, 0.3) is 0 Å². The quantitative estimate of drug-likeness (QED) is 0.760. The predicted octanol–water partition coefficient (Wildman–Crippen LogP) is 1.12. The Balaban J connectivity index is 2.09. The van der Waals surface area contributed by atoms with Crippen molar-refractivity contribution in [2.45, 2.75) is 12.3 Å². The Morgan fingerprint density at radius 2 is 2.20 bits per heavy atom. The molecule has 3 N–H and O–H groups in total. The molecule has 2 atom stereocenters. The van der Waals surface area contributed by atoms with Crippen LogP contribution in [0, 0.1) is 5.92 Å². The zero-order chi connectivity index (χ0) is 10.7. The highest BCUT2D eigenvalue weighted by Crippen LogP contribution is 2.49. The molecule has 0 aromatic heterocycles. The molecule has 0 heterocycles. The van der Waals surface area contributed by atoms with Crippen LogP contribution in [-0.2, 0) is 0 Å². The first-order valence-electron chi connectivity index (χ1n) is 5.39. The fraction of sp³-hybridized carbons (Fsp3) is 0.500. The summed E-state index contributed by atoms with van der Waals surface area (Å²) < 4.78 is 5.49. The average molecular weight is 207 g/mol. The predicted molar refractivity (Wildman–Crippen MR) is 58.9 cm³/mol. The van der Waals surface area contributed by atoms with E-state index in [0.717, 1.165) is 18.7 Å². The van der Waals surface area contributed by atoms with E-state index in [1.54, 1.807) is 0 Å². The molecule has 1 aliphatic rings. The van der Waals surface area contributed by atoms with Gasteiger partial charge in [0.1, 0.15) is 12.4 Å². The number of rotatable bonds is 5. The molecule has 1 aromatic carbocycles. The minimum absolute atomic E-state index is 0.0549. The van der Waals surface area contributed by atoms with Gasteiger partial charge in [-0.15, -0.1) is 0 Å². The molecular weight excluding hydrogens is 190 g/mol. The SMILES string of the molecule is NC[C@H]1C[C@@H]1c1ccccc1OCCO. The molecule has 0 saturated heterocycles. The third kappa shape index (κ3) is 2.30. The van der Waals surface area contributed by atoms with Gasteiger partial charge in [0, 0.05) is 0 Å². The monoisotopic (exact) mass is 207 g/mol. The maximum absolute atomic E-state index is 8.73. The Morgan fingerprint density at radius 1 is 1.40 bits per heavy atom. The highest BCUT2D eigenvalue weighted by molar-refractivity contribution is 5.39. The van der Waals surface area contributed by atoms with Crippen LogP contribution in [0.5, 0.6) is 5.75 Å². The van der Waals surface area contributed by atoms with Gasteiger partial charge < -0.3 is 15.6 Å². The lowest BCUT2D eigenvalue weighted by molar-refractivity contribution is 0.200. The summed E-state index contributed by atoms with van der Waals surface area (Å²) in [5, 5.41) is 8.73. The van der Waals surface area contributed by atoms with Gasteiger partial charge in [0.15, 0.2) is 0 Å². The van der Waals surface area contributed by atoms with Crippen molar-refractivity contribution in [2.24, 2.45) is 11.7 Å². The molecular formula is C12H17NO2. The molecule has 1 aliphatic carbocycles. The number of para-hydroxylation sites is 1. The van der Waals surface area contributed by atoms with E-state index < -0.39 is 0 Å². The van der Waals surface area contributed by atoms with Gasteiger partial charge in [-0.25, -0.2) is 0 Å². The number of ether oxygens (including phenoxy) is 1. The normalized spacial score (nSPS) is 23.9. The van der Waals surface area contributed by atoms with Crippen molar-refractivity contribution in [2.75, 3.05) is 19.8 Å². The third-order valence-electron chi connectivity index (χ3n) is 2.89. The summed E-state index contributed by atoms with van der Waals surface area (Å²) in [4.78, 5) is 0. The Hall–Kier alpha value is -1.06. The minimum atomic E-state index is 0.0549. The first kappa shape index (κ1) is 10.5. The zero-order valence-corrected chi connectivity index (χ0v) is 8.73. The lowest BCUT2D eigenvalue weighted by atomic mass is 10.1. The number of hydrogen-bond acceptors (Lipinski definition) is 3. The van der Waals surface area contributed by atoms with Crippen molar-refractivity contribution < 1.29 is 9.84 Å². The summed E-state index contributed by atoms with van der Waals surface area (Å²) in [5.74, 6) is 2.07. The van der Waals surface area contributed by atoms with Gasteiger partial charge in [-0.1, -0.05) is 18.2 Å². The van der Waals surface area contributed by atoms with Gasteiger partial charge in [0.2, 0.25) is 0 Å². The second-order valence-corrected chi connectivity index (χ2v) is 3.95. The molecule has 3 nitrogen and oxygen atoms in total. The second-order valence-electron chi connectivity index (χ2n) is 3.95. The van der Waals surface area contributed by atoms with Gasteiger partial charge in [-0.05, 0) is 36.4 Å². The summed E-state index contributed by atoms with van der Waals surface area (Å²) in [7, 11) is 0. The Morgan fingerprint density at radius 3 is 2.87 bits per heavy atom. The van der Waals surface area contributed by atoms with E-state index in [2.05, 4.69) is 6.07 Å². The molecule has 1 aromatic rings. The number of aliphatic hydroxyl groups is 1. The molecule has 15 heavy (non-hydrogen) atoms. The number of nitrogens with two attached hydrogens (primary N) is 1. The molecule has 0 spiro atoms. The van der Waals surface area contributed by atoms with Crippen LogP contribution >= 0.6 is 0 Å². The number of aliphatic hydroxyl groups excluding tert-OH is 1. The van der Waals surface area contributed by atoms with Crippen LogP contribution in [0.2, 0.25) is 0 Å². The molecule has 2 rings (SSSR count). The second kappa shape index (κ2) is 4.64. The molecule has 0 bridgehead atoms. The van der Waals surface area contributed by atoms with Crippen LogP contribution < -0.4 is 10.5 Å². The molecule has 3 heteroatoms. The Kier molecular flexibility index (Phi) is 3.23. The van der Waals surface area contributed by atoms with Crippen molar-refractivity contribution in [3.63, 3.8) is 0 Å². The van der Waals surface area contributed by atoms with Crippen molar-refractivity contribution in [3.8, 4) is 5.75 Å². The van der Waals surface area contributed by atoms with Gasteiger partial charge >= 0.3 is 0 Å². The van der Waals surface area contributed by atoms with Gasteiger partial charge in [-0.2, -0.15) is 0 Å². The van der Waals surface area contributed by atoms with Crippen molar-refractivity contribution in [3.05, 3.63) is 29.8 Å². The summed E-state index contributed by atoms with van der Waals surface area (Å²) >= 11 is 0. The van der Waals surface area contributed by atoms with E-state index in [1.807, 2.05) is 18.2 Å². The van der Waals surface area contributed by atoms with E-state index >= 15 is 0 Å². The standard InChI is InChI=1S/C12H17NO2/c13-8-9-7-11(9)10-3-1-2-4-12(10)15-6-5-14/h1-4,9,11,14H,5-8,13H2/t9-,11+/m1/s1. The van der Waals surface area contributed by atoms with E-state index in [4.69, 9.17) is 15.6 Å². The first-order chi connectivity index (χ1) is 7.36. The smallest absolute Gasteiger partial charge is 0.122 e. The summed E-state index contributed by atoms with van der Waals surface area (Å²) in [6, 6.07) is 8.02. The van der Waals surface area contributed by atoms with E-state index in [0.29, 0.717) is 18.4 Å². The largest absolute Gasteiger partial charge is 0.491 e. The highest BCUT2D eigenvalue weighted by Gasteiger charge is 2.38. The first-order valence-corrected chi connectivity index (χ1v) is 5.39. The molecule has 1 saturated carbocycles. The van der Waals surface area contributed by atoms with Crippen LogP contribution in [0.1, 0.15) is 17.9 Å². The minimum Gasteiger partial charge on any atom is -0.491 e. The Labute approximate surface area is 89.9 Å². The molecule has 1 fully saturated rings. The Bertz CT molecular complexity index is 327. The van der Waals surface area contributed by atoms with Gasteiger partial charge in [0.25, 0.3) is 0 Å². The average Bonchev–Trinajstić information content (AvgIpc) is 3.06. The van der Waals surface area contributed by atoms with E-state index in [9.17, 15) is 0 Å². The molecule has 0 radical (unpaired) electrons. The van der Waals surface area contributed by atoms with Crippen LogP contribution in [0.4, 0.5) is 0 Å². The van der Waals surface area contributed by atoms with E-state index in [-0.39, 0.29) is 6.61 Å². The van der Waals surface area contributed by atoms with Crippen LogP contribution in [0.15, 0.2) is 24.3 Å². The zero-order valence-electron chi connectivity index (χ0n) is 8.73. The summed E-state index contributed by atoms with van der Waals surface area (Å²) in [6.07, 6.45) is 1.16. The highest BCUT2D eigenvalue weighted by atomic mass is 16.5. The maximum atomic E-state index is 8.73. The van der Waals surface area contributed by atoms with Crippen molar-refractivity contribution in [1.82, 2.24) is 0 Å². The van der Waals surface area contributed by atoms with Gasteiger partial charge in [0.05, 0.1) is 6.61 Å². The molecule has 82 valence electrons. The molecule has 0 aliphatic heterocycles. The van der Waals surface area contributed by atoms with E-state index in [1.165, 1.54) is 5.56 Å². The molecule has 0 unspecified atom stereocenters. The van der Waals surface area contributed by atoms with Crippen LogP contribution in [-0.4, -0.2) is 24.9 Å². The number of hydrogen-bond donors (Lipinski definition) is 2. The fourth-order valence-corrected chi connectivity index (χ4v) is 1.96. The maximum Gasteiger partial charge on any atom is 0.122 e. The lowest BCUT2D eigenvalue weighted by Gasteiger charge is -2.09. The van der Waals surface area contributed by atoms with Gasteiger partial charge in [-0.3, -0.25) is 0 Å². The lowest BCUT2D eigenvalue weighted by Crippen LogP contribution is -2.05. The summed E-state index contributed by atoms with van der Waals surface area (Å²) in [6.45, 7) is 1.16. The third-order valence-corrected chi connectivity index (χ3v) is 2.89. The summed E-state index contributed by atoms with van der Waals surface area (Å²) in [5.41, 5.74) is 6.87. The fourth-order valence-electron chi connectivity index (χ4n) is 1.96. The van der Waals surface area contributed by atoms with Crippen molar-refractivity contribution in [1.29, 1.82) is 0 Å². The molecule has 0 amide bonds. The van der Waals surface area contributed by atoms with Crippen molar-refractivity contribution >= 4 is 0 Å². The van der Waals surface area contributed by atoms with Crippen LogP contribution in [0.3, 0.4) is 0 Å². The topological polar surface area (TPSA) is 55.5 Å².